The van der Waals surface area contributed by atoms with Gasteiger partial charge in [-0.2, -0.15) is 18.3 Å². The highest BCUT2D eigenvalue weighted by Gasteiger charge is 2.57. The van der Waals surface area contributed by atoms with Crippen molar-refractivity contribution in [2.24, 2.45) is 0 Å². The molecule has 0 aromatic carbocycles. The molecule has 0 bridgehead atoms. The normalized spacial score (nSPS) is 31.1. The van der Waals surface area contributed by atoms with Gasteiger partial charge < -0.3 is 4.74 Å². The molecule has 2 aliphatic heterocycles. The van der Waals surface area contributed by atoms with Crippen LogP contribution >= 0.6 is 8.17 Å². The number of unbranched alkanes of at least 4 members (excludes halogenated alkanes) is 3. The second kappa shape index (κ2) is 8.24. The molecule has 146 valence electrons. The lowest BCUT2D eigenvalue weighted by molar-refractivity contribution is -0.0819. The average molecular weight is 393 g/mol. The summed E-state index contributed by atoms with van der Waals surface area (Å²) in [5.74, 6) is -1.08. The zero-order chi connectivity index (χ0) is 18.7. The maximum Gasteiger partial charge on any atom is 0.573 e. The quantitative estimate of drug-likeness (QED) is 0.535. The smallest absolute Gasteiger partial charge is 0.349 e. The van der Waals surface area contributed by atoms with E-state index in [0.29, 0.717) is 6.61 Å². The Bertz CT molecular complexity index is 741. The number of H-pyrrole nitrogens is 1. The van der Waals surface area contributed by atoms with Crippen LogP contribution in [0.3, 0.4) is 0 Å². The lowest BCUT2D eigenvalue weighted by Gasteiger charge is -2.26. The number of nitrogens with one attached hydrogen (secondary N) is 1. The van der Waals surface area contributed by atoms with E-state index >= 15 is 0 Å². The molecular weight excluding hydrogens is 370 g/mol. The summed E-state index contributed by atoms with van der Waals surface area (Å²) in [5.41, 5.74) is -1.86. The molecule has 1 unspecified atom stereocenters. The Kier molecular flexibility index (Phi) is 6.21. The van der Waals surface area contributed by atoms with Gasteiger partial charge in [0.25, 0.3) is 5.56 Å². The first-order chi connectivity index (χ1) is 12.4. The molecule has 2 aliphatic rings. The Morgan fingerprint density at radius 1 is 1.38 bits per heavy atom. The van der Waals surface area contributed by atoms with Crippen LogP contribution in [0.25, 0.3) is 0 Å². The summed E-state index contributed by atoms with van der Waals surface area (Å²) in [6, 6.07) is 0. The van der Waals surface area contributed by atoms with E-state index in [4.69, 9.17) is 18.3 Å². The monoisotopic (exact) mass is 393 g/mol. The van der Waals surface area contributed by atoms with Crippen molar-refractivity contribution in [3.63, 3.8) is 0 Å². The Morgan fingerprint density at radius 3 is 2.96 bits per heavy atom. The molecule has 9 nitrogen and oxygen atoms in total. The lowest BCUT2D eigenvalue weighted by Crippen LogP contribution is -2.35. The van der Waals surface area contributed by atoms with Crippen molar-refractivity contribution in [1.29, 1.82) is 0 Å². The second-order valence-electron chi connectivity index (χ2n) is 6.31. The highest BCUT2D eigenvalue weighted by Crippen LogP contribution is 2.63. The number of hydrogen-bond acceptors (Lipinski definition) is 7. The molecule has 3 heterocycles. The molecule has 11 heteroatoms. The van der Waals surface area contributed by atoms with Gasteiger partial charge in [0.15, 0.2) is 0 Å². The summed E-state index contributed by atoms with van der Waals surface area (Å²) in [6.07, 6.45) is 3.07. The number of hydrogen-bond donors (Lipinski definition) is 2. The van der Waals surface area contributed by atoms with Crippen molar-refractivity contribution in [2.45, 2.75) is 57.5 Å². The molecule has 0 spiro atoms. The van der Waals surface area contributed by atoms with Gasteiger partial charge in [0.05, 0.1) is 6.20 Å². The molecule has 4 atom stereocenters. The summed E-state index contributed by atoms with van der Waals surface area (Å²) in [5, 5.41) is 0. The SMILES string of the molecule is CCCCCCO[P+]1(O)OC[C@H]2O[C@@H](n3cc(F)c(=O)[nH]c3=O)C[C@@H]2O1. The molecule has 1 aromatic rings. The minimum absolute atomic E-state index is 0.0426. The standard InChI is InChI=1S/C15H22FN2O7P/c1-2-3-4-5-6-22-26(21)23-9-12-11(25-26)7-13(24-12)18-8-10(16)14(19)17-15(18)20/h8,11-13,21H,2-7,9H2,1H3/p+1/t11-,12+,13+,26?/m0/s1. The molecule has 2 fully saturated rings. The van der Waals surface area contributed by atoms with Gasteiger partial charge in [-0.3, -0.25) is 14.3 Å². The van der Waals surface area contributed by atoms with E-state index < -0.39 is 43.7 Å². The molecule has 0 amide bonds. The summed E-state index contributed by atoms with van der Waals surface area (Å²) in [6.45, 7) is 2.47. The van der Waals surface area contributed by atoms with Crippen LogP contribution in [0.4, 0.5) is 4.39 Å². The third-order valence-electron chi connectivity index (χ3n) is 4.34. The first kappa shape index (κ1) is 19.6. The van der Waals surface area contributed by atoms with Crippen molar-refractivity contribution < 1.29 is 27.6 Å². The van der Waals surface area contributed by atoms with Gasteiger partial charge in [-0.15, -0.1) is 4.52 Å². The third kappa shape index (κ3) is 4.39. The van der Waals surface area contributed by atoms with Crippen LogP contribution in [0.1, 0.15) is 45.3 Å². The highest BCUT2D eigenvalue weighted by molar-refractivity contribution is 7.55. The van der Waals surface area contributed by atoms with E-state index in [2.05, 4.69) is 6.92 Å². The number of aromatic nitrogens is 2. The number of nitrogens with zero attached hydrogens (tertiary/aromatic N) is 1. The largest absolute Gasteiger partial charge is 0.573 e. The van der Waals surface area contributed by atoms with Crippen LogP contribution in [0.15, 0.2) is 15.8 Å². The Morgan fingerprint density at radius 2 is 2.19 bits per heavy atom. The fraction of sp³-hybridized carbons (Fsp3) is 0.733. The Balaban J connectivity index is 1.60. The van der Waals surface area contributed by atoms with Gasteiger partial charge >= 0.3 is 13.9 Å². The van der Waals surface area contributed by atoms with Gasteiger partial charge in [0, 0.05) is 6.42 Å². The van der Waals surface area contributed by atoms with Crippen molar-refractivity contribution in [1.82, 2.24) is 9.55 Å². The predicted octanol–water partition coefficient (Wildman–Crippen LogP) is 1.65. The van der Waals surface area contributed by atoms with E-state index in [-0.39, 0.29) is 13.0 Å². The Labute approximate surface area is 149 Å². The van der Waals surface area contributed by atoms with E-state index in [1.54, 1.807) is 0 Å². The van der Waals surface area contributed by atoms with Crippen molar-refractivity contribution in [3.8, 4) is 0 Å². The summed E-state index contributed by atoms with van der Waals surface area (Å²) in [7, 11) is -3.43. The van der Waals surface area contributed by atoms with Crippen LogP contribution in [-0.2, 0) is 18.3 Å². The topological polar surface area (TPSA) is 112 Å². The fourth-order valence-corrected chi connectivity index (χ4v) is 4.41. The first-order valence-electron chi connectivity index (χ1n) is 8.67. The first-order valence-corrected chi connectivity index (χ1v) is 10.2. The molecule has 0 saturated carbocycles. The third-order valence-corrected chi connectivity index (χ3v) is 5.86. The van der Waals surface area contributed by atoms with Gasteiger partial charge in [0.1, 0.15) is 31.6 Å². The van der Waals surface area contributed by atoms with Crippen molar-refractivity contribution in [2.75, 3.05) is 13.2 Å². The molecule has 26 heavy (non-hydrogen) atoms. The van der Waals surface area contributed by atoms with Gasteiger partial charge in [0.2, 0.25) is 5.82 Å². The lowest BCUT2D eigenvalue weighted by atomic mass is 10.2. The van der Waals surface area contributed by atoms with Crippen LogP contribution in [0, 0.1) is 5.82 Å². The van der Waals surface area contributed by atoms with Crippen LogP contribution in [0.5, 0.6) is 0 Å². The van der Waals surface area contributed by atoms with Crippen molar-refractivity contribution in [3.05, 3.63) is 32.9 Å². The average Bonchev–Trinajstić information content (AvgIpc) is 3.00. The number of ether oxygens (including phenoxy) is 1. The molecule has 2 saturated heterocycles. The number of halogens is 1. The summed E-state index contributed by atoms with van der Waals surface area (Å²) >= 11 is 0. The zero-order valence-electron chi connectivity index (χ0n) is 14.4. The summed E-state index contributed by atoms with van der Waals surface area (Å²) < 4.78 is 36.4. The number of aromatic amines is 1. The number of rotatable bonds is 7. The molecule has 1 aromatic heterocycles. The van der Waals surface area contributed by atoms with E-state index in [9.17, 15) is 18.9 Å². The molecular formula is C15H23FN2O7P+. The molecule has 0 radical (unpaired) electrons. The fourth-order valence-electron chi connectivity index (χ4n) is 2.95. The second-order valence-corrected chi connectivity index (χ2v) is 7.97. The molecule has 0 aliphatic carbocycles. The molecule has 3 rings (SSSR count). The van der Waals surface area contributed by atoms with E-state index in [1.807, 2.05) is 4.98 Å². The van der Waals surface area contributed by atoms with Crippen LogP contribution in [-0.4, -0.2) is 39.9 Å². The van der Waals surface area contributed by atoms with E-state index in [0.717, 1.165) is 36.4 Å². The van der Waals surface area contributed by atoms with Gasteiger partial charge in [-0.25, -0.2) is 4.79 Å². The molecule has 2 N–H and O–H groups in total. The van der Waals surface area contributed by atoms with E-state index in [1.165, 1.54) is 0 Å². The van der Waals surface area contributed by atoms with Crippen LogP contribution in [0.2, 0.25) is 0 Å². The summed E-state index contributed by atoms with van der Waals surface area (Å²) in [4.78, 5) is 35.3. The minimum atomic E-state index is -3.43. The number of fused-ring (bicyclic) bond motifs is 1. The van der Waals surface area contributed by atoms with Gasteiger partial charge in [-0.05, 0) is 6.42 Å². The highest BCUT2D eigenvalue weighted by atomic mass is 31.2. The minimum Gasteiger partial charge on any atom is -0.349 e. The Hall–Kier alpha value is -1.16. The van der Waals surface area contributed by atoms with Crippen molar-refractivity contribution >= 4 is 8.17 Å². The predicted molar refractivity (Wildman–Crippen MR) is 89.9 cm³/mol. The maximum absolute atomic E-state index is 13.5. The van der Waals surface area contributed by atoms with Crippen LogP contribution < -0.4 is 11.2 Å². The van der Waals surface area contributed by atoms with Gasteiger partial charge in [-0.1, -0.05) is 26.2 Å². The maximum atomic E-state index is 13.5. The zero-order valence-corrected chi connectivity index (χ0v) is 15.3.